The minimum atomic E-state index is -2.03. The molecule has 1 aliphatic heterocycles. The Morgan fingerprint density at radius 3 is 2.25 bits per heavy atom. The number of methoxy groups -OCH3 is 1. The largest absolute Gasteiger partial charge is 0.495 e. The van der Waals surface area contributed by atoms with Gasteiger partial charge in [0.15, 0.2) is 6.10 Å². The van der Waals surface area contributed by atoms with E-state index < -0.39 is 95.3 Å². The highest BCUT2D eigenvalue weighted by atomic mass is 32.1. The number of carbonyl (C=O) groups is 6. The smallest absolute Gasteiger partial charge is 0.479 e. The van der Waals surface area contributed by atoms with E-state index in [0.29, 0.717) is 45.3 Å². The Morgan fingerprint density at radius 2 is 1.60 bits per heavy atom. The van der Waals surface area contributed by atoms with Gasteiger partial charge in [0.05, 0.1) is 42.6 Å². The molecule has 67 heavy (non-hydrogen) atoms. The van der Waals surface area contributed by atoms with Crippen LogP contribution in [0.25, 0.3) is 0 Å². The minimum Gasteiger partial charge on any atom is -0.479 e. The number of aliphatic imine (C=N–C) groups is 1. The molecule has 6 N–H and O–H groups in total. The number of carbonyl (C=O) groups excluding carboxylic acids is 5. The van der Waals surface area contributed by atoms with Crippen LogP contribution in [0, 0.1) is 0 Å². The number of ether oxygens (including phenoxy) is 7. The van der Waals surface area contributed by atoms with Crippen molar-refractivity contribution in [2.24, 2.45) is 4.99 Å². The summed E-state index contributed by atoms with van der Waals surface area (Å²) in [6, 6.07) is 2.93. The molecule has 0 aliphatic carbocycles. The summed E-state index contributed by atoms with van der Waals surface area (Å²) in [5.41, 5.74) is -1.76. The number of aliphatic hydroxyl groups is 1. The number of carboxylic acid groups (broad SMARTS) is 1. The summed E-state index contributed by atoms with van der Waals surface area (Å²) in [6.07, 6.45) is -2.07. The van der Waals surface area contributed by atoms with Gasteiger partial charge in [-0.25, -0.2) is 9.59 Å². The highest BCUT2D eigenvalue weighted by molar-refractivity contribution is 7.81. The van der Waals surface area contributed by atoms with Crippen LogP contribution in [0.3, 0.4) is 0 Å². The highest BCUT2D eigenvalue weighted by Crippen LogP contribution is 2.28. The maximum absolute atomic E-state index is 13.6. The maximum atomic E-state index is 13.6. The third kappa shape index (κ3) is 24.4. The first-order valence-electron chi connectivity index (χ1n) is 22.2. The van der Waals surface area contributed by atoms with E-state index in [0.717, 1.165) is 0 Å². The van der Waals surface area contributed by atoms with Crippen molar-refractivity contribution in [3.8, 4) is 5.75 Å². The van der Waals surface area contributed by atoms with Crippen LogP contribution in [0.4, 0.5) is 9.18 Å². The monoisotopic (exact) mass is 973 g/mol. The van der Waals surface area contributed by atoms with Crippen molar-refractivity contribution in [3.05, 3.63) is 29.3 Å². The van der Waals surface area contributed by atoms with Crippen molar-refractivity contribution >= 4 is 54.7 Å². The molecule has 1 aromatic carbocycles. The third-order valence-electron chi connectivity index (χ3n) is 10.4. The molecule has 20 nitrogen and oxygen atoms in total. The molecule has 22 heteroatoms. The summed E-state index contributed by atoms with van der Waals surface area (Å²) in [5, 5.41) is 29.5. The SMILES string of the molecule is C/C=N/C(C)(S)OCCC(C)(C)NC(=O)CNC(=O)C(CCCCNC(=O)c1cc(COC(=O)F)ccc1OC1CC(O)CC(C(=O)O)O1)NC(=O)COC(C)(C)CCOC(C)(C)CCOC. The van der Waals surface area contributed by atoms with Gasteiger partial charge < -0.3 is 64.6 Å². The molecule has 2 rings (SSSR count). The standard InChI is InChI=1S/C45H72FN5O15S/c1-10-49-45(8,67)63-21-16-42(2,3)51-35(53)26-48-39(56)32(50-36(54)28-64-44(6,7)18-22-62-43(4,5)17-20-60-9)13-11-12-19-47-38(55)31-23-29(27-61-41(46)59)14-15-33(31)65-37-25-30(52)24-34(66-37)40(57)58/h10,14-15,23,30,32,34,37,52,67H,11-13,16-22,24-28H2,1-9H3,(H,47,55)(H,48,56)(H,50,54)(H,51,53)(H,57,58)/b49-10+. The Labute approximate surface area is 397 Å². The molecule has 1 fully saturated rings. The zero-order valence-electron chi connectivity index (χ0n) is 40.2. The van der Waals surface area contributed by atoms with Gasteiger partial charge in [0.25, 0.3) is 5.91 Å². The molecule has 1 saturated heterocycles. The second-order valence-corrected chi connectivity index (χ2v) is 18.9. The third-order valence-corrected chi connectivity index (χ3v) is 10.6. The molecule has 5 atom stereocenters. The van der Waals surface area contributed by atoms with Crippen LogP contribution in [0.1, 0.15) is 123 Å². The quantitative estimate of drug-likeness (QED) is 0.0181. The number of nitrogens with zero attached hydrogens (tertiary/aromatic N) is 1. The van der Waals surface area contributed by atoms with E-state index in [1.807, 2.05) is 27.7 Å². The van der Waals surface area contributed by atoms with Crippen LogP contribution >= 0.6 is 12.6 Å². The molecule has 4 amide bonds. The van der Waals surface area contributed by atoms with Crippen molar-refractivity contribution in [2.75, 3.05) is 46.6 Å². The molecule has 0 saturated carbocycles. The molecule has 1 heterocycles. The predicted octanol–water partition coefficient (Wildman–Crippen LogP) is 4.14. The second-order valence-electron chi connectivity index (χ2n) is 18.1. The van der Waals surface area contributed by atoms with Gasteiger partial charge in [-0.2, -0.15) is 0 Å². The fraction of sp³-hybridized carbons (Fsp3) is 0.711. The lowest BCUT2D eigenvalue weighted by molar-refractivity contribution is -0.195. The van der Waals surface area contributed by atoms with E-state index in [-0.39, 0.29) is 55.9 Å². The topological polar surface area (TPSA) is 268 Å². The van der Waals surface area contributed by atoms with Crippen molar-refractivity contribution in [1.29, 1.82) is 0 Å². The van der Waals surface area contributed by atoms with Crippen LogP contribution in [-0.4, -0.2) is 145 Å². The molecule has 0 aromatic heterocycles. The second kappa shape index (κ2) is 28.1. The average molecular weight is 974 g/mol. The zero-order chi connectivity index (χ0) is 50.4. The Bertz CT molecular complexity index is 1810. The van der Waals surface area contributed by atoms with E-state index in [1.54, 1.807) is 41.0 Å². The normalized spacial score (nSPS) is 18.1. The number of thiol groups is 1. The molecule has 0 bridgehead atoms. The number of aliphatic carboxylic acids is 1. The van der Waals surface area contributed by atoms with Crippen molar-refractivity contribution < 1.29 is 76.5 Å². The molecule has 380 valence electrons. The Hall–Kier alpha value is -4.45. The average Bonchev–Trinajstić information content (AvgIpc) is 3.22. The summed E-state index contributed by atoms with van der Waals surface area (Å²) in [7, 11) is 1.62. The van der Waals surface area contributed by atoms with Crippen LogP contribution in [-0.2, 0) is 54.2 Å². The summed E-state index contributed by atoms with van der Waals surface area (Å²) in [5.74, 6) is -3.71. The van der Waals surface area contributed by atoms with Gasteiger partial charge in [-0.3, -0.25) is 24.2 Å². The molecule has 0 radical (unpaired) electrons. The van der Waals surface area contributed by atoms with Gasteiger partial charge in [0.2, 0.25) is 29.1 Å². The number of halogens is 1. The number of rotatable bonds is 31. The first kappa shape index (κ1) is 58.7. The van der Waals surface area contributed by atoms with Crippen molar-refractivity contribution in [2.45, 2.75) is 160 Å². The number of benzene rings is 1. The minimum absolute atomic E-state index is 0.0533. The maximum Gasteiger partial charge on any atom is 0.495 e. The summed E-state index contributed by atoms with van der Waals surface area (Å²) < 4.78 is 51.4. The van der Waals surface area contributed by atoms with E-state index >= 15 is 0 Å². The van der Waals surface area contributed by atoms with Gasteiger partial charge in [0, 0.05) is 38.6 Å². The predicted molar refractivity (Wildman–Crippen MR) is 247 cm³/mol. The first-order chi connectivity index (χ1) is 31.3. The molecule has 5 unspecified atom stereocenters. The molecule has 0 spiro atoms. The van der Waals surface area contributed by atoms with E-state index in [4.69, 9.17) is 28.4 Å². The van der Waals surface area contributed by atoms with Gasteiger partial charge >= 0.3 is 12.2 Å². The van der Waals surface area contributed by atoms with Gasteiger partial charge in [0.1, 0.15) is 25.0 Å². The van der Waals surface area contributed by atoms with Gasteiger partial charge in [-0.15, -0.1) is 17.0 Å². The van der Waals surface area contributed by atoms with Crippen LogP contribution in [0.5, 0.6) is 5.75 Å². The first-order valence-corrected chi connectivity index (χ1v) is 22.7. The van der Waals surface area contributed by atoms with Gasteiger partial charge in [-0.1, -0.05) is 6.07 Å². The number of nitrogens with one attached hydrogen (secondary N) is 4. The molecule has 1 aromatic rings. The highest BCUT2D eigenvalue weighted by Gasteiger charge is 2.35. The fourth-order valence-electron chi connectivity index (χ4n) is 6.48. The van der Waals surface area contributed by atoms with Gasteiger partial charge in [-0.05, 0) is 118 Å². The van der Waals surface area contributed by atoms with E-state index in [2.05, 4.69) is 43.6 Å². The lowest BCUT2D eigenvalue weighted by Gasteiger charge is -2.31. The number of hydrogen-bond acceptors (Lipinski definition) is 16. The summed E-state index contributed by atoms with van der Waals surface area (Å²) >= 11 is 4.36. The number of carboxylic acids is 1. The molecular weight excluding hydrogens is 902 g/mol. The summed E-state index contributed by atoms with van der Waals surface area (Å²) in [6.45, 7) is 14.5. The summed E-state index contributed by atoms with van der Waals surface area (Å²) in [4.78, 5) is 79.8. The Kier molecular flexibility index (Phi) is 24.6. The van der Waals surface area contributed by atoms with Crippen LogP contribution in [0.2, 0.25) is 0 Å². The lowest BCUT2D eigenvalue weighted by atomic mass is 10.0. The van der Waals surface area contributed by atoms with Crippen molar-refractivity contribution in [1.82, 2.24) is 21.3 Å². The Morgan fingerprint density at radius 1 is 0.925 bits per heavy atom. The number of unbranched alkanes of at least 4 members (excludes halogenated alkanes) is 1. The Balaban J connectivity index is 2.12. The fourth-order valence-corrected chi connectivity index (χ4v) is 6.68. The number of amides is 4. The molecular formula is C45H72FN5O15S. The van der Waals surface area contributed by atoms with E-state index in [9.17, 15) is 43.4 Å². The van der Waals surface area contributed by atoms with Crippen LogP contribution in [0.15, 0.2) is 23.2 Å². The number of aliphatic hydroxyl groups excluding tert-OH is 1. The number of hydrogen-bond donors (Lipinski definition) is 7. The zero-order valence-corrected chi connectivity index (χ0v) is 41.1. The van der Waals surface area contributed by atoms with E-state index in [1.165, 1.54) is 18.2 Å². The van der Waals surface area contributed by atoms with Crippen molar-refractivity contribution in [3.63, 3.8) is 0 Å². The molecule has 1 aliphatic rings. The van der Waals surface area contributed by atoms with Crippen LogP contribution < -0.4 is 26.0 Å². The lowest BCUT2D eigenvalue weighted by Crippen LogP contribution is -2.52.